The fourth-order valence-corrected chi connectivity index (χ4v) is 3.69. The van der Waals surface area contributed by atoms with Crippen LogP contribution in [0.15, 0.2) is 30.3 Å². The second kappa shape index (κ2) is 6.30. The van der Waals surface area contributed by atoms with Crippen molar-refractivity contribution in [1.29, 1.82) is 0 Å². The van der Waals surface area contributed by atoms with Crippen molar-refractivity contribution in [1.82, 2.24) is 0 Å². The first kappa shape index (κ1) is 17.4. The molecule has 3 unspecified atom stereocenters. The number of rotatable bonds is 4. The molecule has 0 bridgehead atoms. The Hall–Kier alpha value is -1.02. The van der Waals surface area contributed by atoms with E-state index in [1.54, 1.807) is 0 Å². The highest BCUT2D eigenvalue weighted by molar-refractivity contribution is 5.13. The van der Waals surface area contributed by atoms with E-state index in [2.05, 4.69) is 0 Å². The molecule has 0 N–H and O–H groups in total. The zero-order valence-corrected chi connectivity index (χ0v) is 15.1. The number of fused-ring (bicyclic) bond motifs is 3. The van der Waals surface area contributed by atoms with Crippen molar-refractivity contribution in [3.63, 3.8) is 0 Å². The van der Waals surface area contributed by atoms with Gasteiger partial charge < -0.3 is 28.4 Å². The summed E-state index contributed by atoms with van der Waals surface area (Å²) in [7, 11) is 0. The molecule has 3 saturated heterocycles. The van der Waals surface area contributed by atoms with E-state index in [4.69, 9.17) is 28.4 Å². The summed E-state index contributed by atoms with van der Waals surface area (Å²) in [5, 5.41) is 0. The van der Waals surface area contributed by atoms with Gasteiger partial charge in [0.2, 0.25) is 0 Å². The third-order valence-electron chi connectivity index (χ3n) is 4.64. The van der Waals surface area contributed by atoms with Crippen molar-refractivity contribution in [3.8, 4) is 0 Å². The predicted molar refractivity (Wildman–Crippen MR) is 88.6 cm³/mol. The van der Waals surface area contributed by atoms with E-state index in [1.807, 2.05) is 58.0 Å². The lowest BCUT2D eigenvalue weighted by Crippen LogP contribution is -2.56. The molecule has 4 rings (SSSR count). The van der Waals surface area contributed by atoms with Crippen molar-refractivity contribution in [2.75, 3.05) is 6.61 Å². The van der Waals surface area contributed by atoms with Gasteiger partial charge >= 0.3 is 0 Å². The quantitative estimate of drug-likeness (QED) is 0.832. The predicted octanol–water partition coefficient (Wildman–Crippen LogP) is 2.60. The summed E-state index contributed by atoms with van der Waals surface area (Å²) >= 11 is 0. The summed E-state index contributed by atoms with van der Waals surface area (Å²) in [5.74, 6) is -1.38. The first-order valence-corrected chi connectivity index (χ1v) is 8.81. The van der Waals surface area contributed by atoms with Gasteiger partial charge in [-0.05, 0) is 33.3 Å². The van der Waals surface area contributed by atoms with Crippen LogP contribution >= 0.6 is 0 Å². The van der Waals surface area contributed by atoms with Crippen LogP contribution in [-0.2, 0) is 35.0 Å². The van der Waals surface area contributed by atoms with E-state index >= 15 is 0 Å². The van der Waals surface area contributed by atoms with Gasteiger partial charge in [-0.1, -0.05) is 30.3 Å². The molecule has 0 radical (unpaired) electrons. The number of hydrogen-bond donors (Lipinski definition) is 0. The molecule has 6 nitrogen and oxygen atoms in total. The van der Waals surface area contributed by atoms with Crippen LogP contribution in [0.2, 0.25) is 0 Å². The molecule has 0 amide bonds. The number of ether oxygens (including phenoxy) is 6. The molecule has 3 heterocycles. The minimum absolute atomic E-state index is 0.235. The molecule has 0 saturated carbocycles. The maximum Gasteiger partial charge on any atom is 0.190 e. The molecular formula is C19H26O6. The van der Waals surface area contributed by atoms with Crippen molar-refractivity contribution in [3.05, 3.63) is 35.9 Å². The maximum atomic E-state index is 6.11. The van der Waals surface area contributed by atoms with Gasteiger partial charge in [-0.25, -0.2) is 0 Å². The van der Waals surface area contributed by atoms with Crippen LogP contribution in [0.1, 0.15) is 33.3 Å². The lowest BCUT2D eigenvalue weighted by molar-refractivity contribution is -0.243. The smallest absolute Gasteiger partial charge is 0.190 e. The Balaban J connectivity index is 1.44. The molecule has 6 heteroatoms. The van der Waals surface area contributed by atoms with Gasteiger partial charge in [-0.3, -0.25) is 0 Å². The standard InChI is InChI=1S/C19H26O6/c1-18(2)22-14-13(11-20-10-12-8-6-5-7-9-12)21-17-16(15(14)23-18)24-19(3,4)25-17/h5-9,13-17H,10-11H2,1-4H3/t13?,14-,15-,16?,17?/m1/s1. The van der Waals surface area contributed by atoms with Crippen molar-refractivity contribution in [2.24, 2.45) is 0 Å². The van der Waals surface area contributed by atoms with Crippen LogP contribution in [0, 0.1) is 0 Å². The highest BCUT2D eigenvalue weighted by Crippen LogP contribution is 2.44. The lowest BCUT2D eigenvalue weighted by atomic mass is 9.99. The summed E-state index contributed by atoms with van der Waals surface area (Å²) in [5.41, 5.74) is 1.12. The van der Waals surface area contributed by atoms with Crippen LogP contribution in [0.25, 0.3) is 0 Å². The molecule has 1 aromatic rings. The third-order valence-corrected chi connectivity index (χ3v) is 4.64. The van der Waals surface area contributed by atoms with Gasteiger partial charge in [-0.2, -0.15) is 0 Å². The second-order valence-corrected chi connectivity index (χ2v) is 7.71. The average molecular weight is 350 g/mol. The Morgan fingerprint density at radius 1 is 0.840 bits per heavy atom. The monoisotopic (exact) mass is 350 g/mol. The molecule has 3 fully saturated rings. The van der Waals surface area contributed by atoms with Gasteiger partial charge in [0.05, 0.1) is 13.2 Å². The molecule has 25 heavy (non-hydrogen) atoms. The third kappa shape index (κ3) is 3.60. The van der Waals surface area contributed by atoms with Gasteiger partial charge in [0.25, 0.3) is 0 Å². The van der Waals surface area contributed by atoms with E-state index in [1.165, 1.54) is 0 Å². The molecule has 138 valence electrons. The zero-order valence-electron chi connectivity index (χ0n) is 15.1. The Morgan fingerprint density at radius 3 is 2.24 bits per heavy atom. The summed E-state index contributed by atoms with van der Waals surface area (Å²) in [4.78, 5) is 0. The summed E-state index contributed by atoms with van der Waals surface area (Å²) in [6.45, 7) is 8.51. The average Bonchev–Trinajstić information content (AvgIpc) is 3.03. The van der Waals surface area contributed by atoms with Crippen molar-refractivity contribution in [2.45, 2.75) is 76.6 Å². The van der Waals surface area contributed by atoms with Gasteiger partial charge in [-0.15, -0.1) is 0 Å². The highest BCUT2D eigenvalue weighted by Gasteiger charge is 2.60. The normalized spacial score (nSPS) is 38.3. The topological polar surface area (TPSA) is 55.4 Å². The molecule has 0 aliphatic carbocycles. The fourth-order valence-electron chi connectivity index (χ4n) is 3.69. The molecule has 5 atom stereocenters. The molecule has 0 aromatic heterocycles. The number of benzene rings is 1. The first-order valence-electron chi connectivity index (χ1n) is 8.81. The summed E-state index contributed by atoms with van der Waals surface area (Å²) < 4.78 is 36.0. The largest absolute Gasteiger partial charge is 0.374 e. The van der Waals surface area contributed by atoms with E-state index in [0.717, 1.165) is 5.56 Å². The SMILES string of the molecule is CC1(C)OC2OC(COCc3ccccc3)[C@H]3OC(C)(C)O[C@H]3C2O1. The van der Waals surface area contributed by atoms with Gasteiger partial charge in [0.15, 0.2) is 17.9 Å². The fraction of sp³-hybridized carbons (Fsp3) is 0.684. The first-order chi connectivity index (χ1) is 11.8. The van der Waals surface area contributed by atoms with E-state index in [9.17, 15) is 0 Å². The van der Waals surface area contributed by atoms with Gasteiger partial charge in [0.1, 0.15) is 24.4 Å². The van der Waals surface area contributed by atoms with Crippen LogP contribution in [0.3, 0.4) is 0 Å². The Bertz CT molecular complexity index is 601. The highest BCUT2D eigenvalue weighted by atomic mass is 16.9. The zero-order chi connectivity index (χ0) is 17.7. The van der Waals surface area contributed by atoms with Gasteiger partial charge in [0, 0.05) is 0 Å². The number of hydrogen-bond acceptors (Lipinski definition) is 6. The molecular weight excluding hydrogens is 324 g/mol. The maximum absolute atomic E-state index is 6.11. The summed E-state index contributed by atoms with van der Waals surface area (Å²) in [6, 6.07) is 10.1. The van der Waals surface area contributed by atoms with E-state index < -0.39 is 17.9 Å². The van der Waals surface area contributed by atoms with Crippen LogP contribution in [0.5, 0.6) is 0 Å². The molecule has 3 aliphatic rings. The second-order valence-electron chi connectivity index (χ2n) is 7.71. The Labute approximate surface area is 148 Å². The molecule has 0 spiro atoms. The lowest BCUT2D eigenvalue weighted by Gasteiger charge is -2.37. The Morgan fingerprint density at radius 2 is 1.48 bits per heavy atom. The minimum atomic E-state index is -0.699. The van der Waals surface area contributed by atoms with Crippen LogP contribution in [-0.4, -0.2) is 48.9 Å². The Kier molecular flexibility index (Phi) is 4.38. The van der Waals surface area contributed by atoms with Crippen LogP contribution < -0.4 is 0 Å². The van der Waals surface area contributed by atoms with E-state index in [0.29, 0.717) is 13.2 Å². The summed E-state index contributed by atoms with van der Waals surface area (Å²) in [6.07, 6.45) is -1.52. The molecule has 3 aliphatic heterocycles. The van der Waals surface area contributed by atoms with E-state index in [-0.39, 0.29) is 24.4 Å². The van der Waals surface area contributed by atoms with Crippen molar-refractivity contribution < 1.29 is 28.4 Å². The minimum Gasteiger partial charge on any atom is -0.374 e. The van der Waals surface area contributed by atoms with Crippen molar-refractivity contribution >= 4 is 0 Å². The van der Waals surface area contributed by atoms with Crippen LogP contribution in [0.4, 0.5) is 0 Å². The molecule has 1 aromatic carbocycles.